The van der Waals surface area contributed by atoms with Crippen molar-refractivity contribution in [1.29, 1.82) is 0 Å². The summed E-state index contributed by atoms with van der Waals surface area (Å²) in [6, 6.07) is 7.96. The molecule has 1 aliphatic rings. The van der Waals surface area contributed by atoms with E-state index in [1.54, 1.807) is 18.2 Å². The lowest BCUT2D eigenvalue weighted by Gasteiger charge is -2.12. The molecule has 0 saturated carbocycles. The summed E-state index contributed by atoms with van der Waals surface area (Å²) in [7, 11) is 0. The third-order valence-corrected chi connectivity index (χ3v) is 3.50. The first kappa shape index (κ1) is 14.9. The summed E-state index contributed by atoms with van der Waals surface area (Å²) in [4.78, 5) is 30.4. The lowest BCUT2D eigenvalue weighted by molar-refractivity contribution is -0.384. The molecule has 1 fully saturated rings. The van der Waals surface area contributed by atoms with Crippen LogP contribution in [0.25, 0.3) is 11.4 Å². The van der Waals surface area contributed by atoms with Crippen LogP contribution in [0.5, 0.6) is 0 Å². The van der Waals surface area contributed by atoms with Crippen molar-refractivity contribution in [2.45, 2.75) is 19.4 Å². The molecule has 8 heteroatoms. The summed E-state index contributed by atoms with van der Waals surface area (Å²) in [5.41, 5.74) is 1.31. The number of aromatic nitrogens is 2. The molecule has 8 nitrogen and oxygen atoms in total. The Labute approximate surface area is 132 Å². The number of non-ortho nitro benzene ring substituents is 1. The maximum atomic E-state index is 11.3. The highest BCUT2D eigenvalue weighted by molar-refractivity contribution is 5.79. The second-order valence-corrected chi connectivity index (χ2v) is 5.38. The zero-order valence-electron chi connectivity index (χ0n) is 12.4. The molecule has 0 unspecified atom stereocenters. The Balaban J connectivity index is 1.89. The van der Waals surface area contributed by atoms with E-state index < -0.39 is 4.92 Å². The van der Waals surface area contributed by atoms with Crippen LogP contribution in [0.3, 0.4) is 0 Å². The van der Waals surface area contributed by atoms with E-state index in [1.807, 2.05) is 6.92 Å². The maximum Gasteiger partial charge on any atom is 0.270 e. The van der Waals surface area contributed by atoms with Crippen LogP contribution >= 0.6 is 0 Å². The SMILES string of the molecule is Cc1cc(N[C@H]2CNC(=O)C2)nc(-c2cccc([N+](=O)[O-])c2)n1. The normalized spacial score (nSPS) is 16.9. The molecule has 0 aliphatic carbocycles. The highest BCUT2D eigenvalue weighted by atomic mass is 16.6. The first-order valence-corrected chi connectivity index (χ1v) is 7.15. The molecule has 0 radical (unpaired) electrons. The number of carbonyl (C=O) groups excluding carboxylic acids is 1. The highest BCUT2D eigenvalue weighted by Crippen LogP contribution is 2.23. The molecule has 1 aromatic carbocycles. The molecule has 23 heavy (non-hydrogen) atoms. The lowest BCUT2D eigenvalue weighted by Crippen LogP contribution is -2.23. The van der Waals surface area contributed by atoms with Gasteiger partial charge in [-0.2, -0.15) is 0 Å². The molecule has 0 spiro atoms. The molecule has 2 N–H and O–H groups in total. The summed E-state index contributed by atoms with van der Waals surface area (Å²) < 4.78 is 0. The number of hydrogen-bond donors (Lipinski definition) is 2. The van der Waals surface area contributed by atoms with Crippen LogP contribution in [-0.4, -0.2) is 33.4 Å². The molecular formula is C15H15N5O3. The maximum absolute atomic E-state index is 11.3. The molecule has 2 heterocycles. The fraction of sp³-hybridized carbons (Fsp3) is 0.267. The van der Waals surface area contributed by atoms with Crippen LogP contribution in [0, 0.1) is 17.0 Å². The Bertz CT molecular complexity index is 777. The minimum Gasteiger partial charge on any atom is -0.365 e. The van der Waals surface area contributed by atoms with Gasteiger partial charge in [0.05, 0.1) is 11.0 Å². The molecule has 1 aliphatic heterocycles. The zero-order valence-corrected chi connectivity index (χ0v) is 12.4. The first-order chi connectivity index (χ1) is 11.0. The second-order valence-electron chi connectivity index (χ2n) is 5.38. The average molecular weight is 313 g/mol. The van der Waals surface area contributed by atoms with Gasteiger partial charge in [0.1, 0.15) is 5.82 Å². The predicted molar refractivity (Wildman–Crippen MR) is 83.9 cm³/mol. The third-order valence-electron chi connectivity index (χ3n) is 3.50. The van der Waals surface area contributed by atoms with Crippen LogP contribution < -0.4 is 10.6 Å². The number of nitrogens with one attached hydrogen (secondary N) is 2. The van der Waals surface area contributed by atoms with E-state index in [1.165, 1.54) is 12.1 Å². The monoisotopic (exact) mass is 313 g/mol. The van der Waals surface area contributed by atoms with Gasteiger partial charge in [-0.1, -0.05) is 12.1 Å². The van der Waals surface area contributed by atoms with Gasteiger partial charge in [0.25, 0.3) is 5.69 Å². The molecular weight excluding hydrogens is 298 g/mol. The number of amides is 1. The Kier molecular flexibility index (Phi) is 3.88. The standard InChI is InChI=1S/C15H15N5O3/c1-9-5-13(18-11-7-14(21)16-8-11)19-15(17-9)10-3-2-4-12(6-10)20(22)23/h2-6,11H,7-8H2,1H3,(H,16,21)(H,17,18,19)/t11-/m1/s1. The van der Waals surface area contributed by atoms with E-state index in [0.29, 0.717) is 30.2 Å². The Morgan fingerprint density at radius 2 is 2.17 bits per heavy atom. The topological polar surface area (TPSA) is 110 Å². The van der Waals surface area contributed by atoms with Gasteiger partial charge in [0.2, 0.25) is 5.91 Å². The fourth-order valence-electron chi connectivity index (χ4n) is 2.45. The summed E-state index contributed by atoms with van der Waals surface area (Å²) in [6.07, 6.45) is 0.398. The molecule has 1 saturated heterocycles. The Morgan fingerprint density at radius 1 is 1.35 bits per heavy atom. The van der Waals surface area contributed by atoms with Gasteiger partial charge in [-0.15, -0.1) is 0 Å². The highest BCUT2D eigenvalue weighted by Gasteiger charge is 2.21. The molecule has 118 valence electrons. The van der Waals surface area contributed by atoms with Gasteiger partial charge in [-0.25, -0.2) is 9.97 Å². The van der Waals surface area contributed by atoms with Crippen LogP contribution in [0.15, 0.2) is 30.3 Å². The smallest absolute Gasteiger partial charge is 0.270 e. The second kappa shape index (κ2) is 5.99. The lowest BCUT2D eigenvalue weighted by atomic mass is 10.2. The van der Waals surface area contributed by atoms with E-state index in [-0.39, 0.29) is 17.6 Å². The molecule has 0 bridgehead atoms. The number of rotatable bonds is 4. The van der Waals surface area contributed by atoms with E-state index in [4.69, 9.17) is 0 Å². The van der Waals surface area contributed by atoms with E-state index in [9.17, 15) is 14.9 Å². The zero-order chi connectivity index (χ0) is 16.4. The number of aryl methyl sites for hydroxylation is 1. The number of nitro benzene ring substituents is 1. The van der Waals surface area contributed by atoms with Crippen molar-refractivity contribution in [2.75, 3.05) is 11.9 Å². The number of nitrogens with zero attached hydrogens (tertiary/aromatic N) is 3. The Hall–Kier alpha value is -3.03. The van der Waals surface area contributed by atoms with Gasteiger partial charge < -0.3 is 10.6 Å². The molecule has 1 atom stereocenters. The number of nitro groups is 1. The summed E-state index contributed by atoms with van der Waals surface area (Å²) in [5, 5.41) is 16.8. The third kappa shape index (κ3) is 3.42. The minimum absolute atomic E-state index is 0.00665. The van der Waals surface area contributed by atoms with E-state index >= 15 is 0 Å². The van der Waals surface area contributed by atoms with E-state index in [2.05, 4.69) is 20.6 Å². The molecule has 1 aromatic heterocycles. The van der Waals surface area contributed by atoms with Gasteiger partial charge in [0.15, 0.2) is 5.82 Å². The van der Waals surface area contributed by atoms with Gasteiger partial charge in [-0.05, 0) is 6.92 Å². The van der Waals surface area contributed by atoms with Crippen molar-refractivity contribution >= 4 is 17.4 Å². The van der Waals surface area contributed by atoms with Gasteiger partial charge >= 0.3 is 0 Å². The van der Waals surface area contributed by atoms with Gasteiger partial charge in [0, 0.05) is 42.4 Å². The fourth-order valence-corrected chi connectivity index (χ4v) is 2.45. The number of carbonyl (C=O) groups is 1. The summed E-state index contributed by atoms with van der Waals surface area (Å²) in [5.74, 6) is 1.01. The van der Waals surface area contributed by atoms with Gasteiger partial charge in [-0.3, -0.25) is 14.9 Å². The largest absolute Gasteiger partial charge is 0.365 e. The first-order valence-electron chi connectivity index (χ1n) is 7.15. The number of anilines is 1. The number of hydrogen-bond acceptors (Lipinski definition) is 6. The molecule has 2 aromatic rings. The van der Waals surface area contributed by atoms with Crippen molar-refractivity contribution in [3.05, 3.63) is 46.1 Å². The summed E-state index contributed by atoms with van der Waals surface area (Å²) in [6.45, 7) is 2.37. The average Bonchev–Trinajstić information content (AvgIpc) is 2.92. The minimum atomic E-state index is -0.450. The van der Waals surface area contributed by atoms with Crippen LogP contribution in [0.4, 0.5) is 11.5 Å². The van der Waals surface area contributed by atoms with Crippen molar-refractivity contribution in [3.8, 4) is 11.4 Å². The quantitative estimate of drug-likeness (QED) is 0.656. The van der Waals surface area contributed by atoms with E-state index in [0.717, 1.165) is 5.69 Å². The van der Waals surface area contributed by atoms with Crippen molar-refractivity contribution in [1.82, 2.24) is 15.3 Å². The van der Waals surface area contributed by atoms with Crippen molar-refractivity contribution in [2.24, 2.45) is 0 Å². The van der Waals surface area contributed by atoms with Crippen molar-refractivity contribution < 1.29 is 9.72 Å². The Morgan fingerprint density at radius 3 is 2.87 bits per heavy atom. The predicted octanol–water partition coefficient (Wildman–Crippen LogP) is 1.66. The van der Waals surface area contributed by atoms with Crippen LogP contribution in [-0.2, 0) is 4.79 Å². The summed E-state index contributed by atoms with van der Waals surface area (Å²) >= 11 is 0. The number of benzene rings is 1. The van der Waals surface area contributed by atoms with Crippen molar-refractivity contribution in [3.63, 3.8) is 0 Å². The van der Waals surface area contributed by atoms with Crippen LogP contribution in [0.1, 0.15) is 12.1 Å². The molecule has 1 amide bonds. The van der Waals surface area contributed by atoms with Crippen LogP contribution in [0.2, 0.25) is 0 Å². The molecule has 3 rings (SSSR count).